The van der Waals surface area contributed by atoms with Crippen LogP contribution in [0.5, 0.6) is 0 Å². The number of halogens is 1. The molecule has 0 aliphatic carbocycles. The standard InChI is InChI=1S/C23H27ClN2O/c1-9-19(25-13(2)3)22-15(5)26-20(12-21(22)27)16-11-18(24)17(10-14(16)4)23(6,7)8/h9-12H,1-2H2,3-8H3,(H,26,27). The largest absolute Gasteiger partial charge is 0.358 e. The van der Waals surface area contributed by atoms with Crippen molar-refractivity contribution in [1.29, 1.82) is 0 Å². The summed E-state index contributed by atoms with van der Waals surface area (Å²) in [6, 6.07) is 5.62. The van der Waals surface area contributed by atoms with Gasteiger partial charge in [-0.1, -0.05) is 51.6 Å². The van der Waals surface area contributed by atoms with Gasteiger partial charge in [0.1, 0.15) is 0 Å². The summed E-state index contributed by atoms with van der Waals surface area (Å²) < 4.78 is 0. The van der Waals surface area contributed by atoms with Crippen LogP contribution in [-0.4, -0.2) is 10.7 Å². The van der Waals surface area contributed by atoms with E-state index >= 15 is 0 Å². The van der Waals surface area contributed by atoms with Crippen LogP contribution in [-0.2, 0) is 5.41 Å². The van der Waals surface area contributed by atoms with Gasteiger partial charge in [-0.25, -0.2) is 0 Å². The van der Waals surface area contributed by atoms with Crippen LogP contribution in [0.2, 0.25) is 5.02 Å². The zero-order valence-corrected chi connectivity index (χ0v) is 17.7. The molecule has 0 bridgehead atoms. The zero-order valence-electron chi connectivity index (χ0n) is 17.0. The smallest absolute Gasteiger partial charge is 0.191 e. The Morgan fingerprint density at radius 3 is 2.33 bits per heavy atom. The van der Waals surface area contributed by atoms with E-state index in [1.807, 2.05) is 19.9 Å². The maximum atomic E-state index is 12.8. The quantitative estimate of drug-likeness (QED) is 0.636. The summed E-state index contributed by atoms with van der Waals surface area (Å²) in [6.45, 7) is 19.6. The molecule has 0 amide bonds. The summed E-state index contributed by atoms with van der Waals surface area (Å²) in [5.74, 6) is 0. The van der Waals surface area contributed by atoms with Gasteiger partial charge in [0.15, 0.2) is 5.43 Å². The van der Waals surface area contributed by atoms with Crippen molar-refractivity contribution in [3.05, 3.63) is 80.8 Å². The van der Waals surface area contributed by atoms with Crippen molar-refractivity contribution in [3.63, 3.8) is 0 Å². The van der Waals surface area contributed by atoms with Crippen LogP contribution < -0.4 is 5.43 Å². The number of aryl methyl sites for hydroxylation is 2. The Kier molecular flexibility index (Phi) is 5.96. The molecule has 0 aliphatic rings. The third kappa shape index (κ3) is 4.48. The number of aliphatic imine (C=N–C) groups is 1. The number of nitrogens with one attached hydrogen (secondary N) is 1. The van der Waals surface area contributed by atoms with Gasteiger partial charge in [-0.15, -0.1) is 0 Å². The molecule has 3 nitrogen and oxygen atoms in total. The average molecular weight is 383 g/mol. The first-order valence-electron chi connectivity index (χ1n) is 8.87. The molecule has 0 saturated carbocycles. The Morgan fingerprint density at radius 1 is 1.22 bits per heavy atom. The number of benzene rings is 1. The Morgan fingerprint density at radius 2 is 1.85 bits per heavy atom. The van der Waals surface area contributed by atoms with Crippen molar-refractivity contribution in [1.82, 2.24) is 4.98 Å². The molecule has 0 saturated heterocycles. The molecule has 142 valence electrons. The second kappa shape index (κ2) is 7.69. The van der Waals surface area contributed by atoms with Gasteiger partial charge in [0.25, 0.3) is 0 Å². The van der Waals surface area contributed by atoms with Crippen molar-refractivity contribution in [2.75, 3.05) is 0 Å². The normalized spacial score (nSPS) is 12.2. The highest BCUT2D eigenvalue weighted by atomic mass is 35.5. The highest BCUT2D eigenvalue weighted by molar-refractivity contribution is 6.31. The van der Waals surface area contributed by atoms with Crippen LogP contribution in [0.25, 0.3) is 11.3 Å². The third-order valence-electron chi connectivity index (χ3n) is 4.39. The molecule has 27 heavy (non-hydrogen) atoms. The molecule has 0 radical (unpaired) electrons. The molecule has 0 aliphatic heterocycles. The molecule has 1 aromatic heterocycles. The van der Waals surface area contributed by atoms with E-state index in [0.29, 0.717) is 22.0 Å². The van der Waals surface area contributed by atoms with Gasteiger partial charge in [-0.05, 0) is 49.5 Å². The maximum Gasteiger partial charge on any atom is 0.191 e. The molecule has 0 atom stereocenters. The molecule has 0 spiro atoms. The maximum absolute atomic E-state index is 12.8. The molecule has 2 rings (SSSR count). The van der Waals surface area contributed by atoms with E-state index in [4.69, 9.17) is 11.6 Å². The van der Waals surface area contributed by atoms with Gasteiger partial charge in [0, 0.05) is 33.7 Å². The highest BCUT2D eigenvalue weighted by Crippen LogP contribution is 2.34. The number of hydrogen-bond donors (Lipinski definition) is 1. The van der Waals surface area contributed by atoms with E-state index < -0.39 is 0 Å². The number of rotatable bonds is 4. The SMILES string of the molecule is C=CC(=NC(=C)C)c1c(C)[nH]c(-c2cc(Cl)c(C(C)(C)C)cc2C)cc1=O. The number of nitrogens with zero attached hydrogens (tertiary/aromatic N) is 1. The lowest BCUT2D eigenvalue weighted by Crippen LogP contribution is -2.18. The number of aromatic amines is 1. The van der Waals surface area contributed by atoms with Crippen LogP contribution in [0.4, 0.5) is 0 Å². The molecular formula is C23H27ClN2O. The number of hydrogen-bond acceptors (Lipinski definition) is 2. The van der Waals surface area contributed by atoms with Crippen molar-refractivity contribution in [3.8, 4) is 11.3 Å². The minimum atomic E-state index is -0.114. The highest BCUT2D eigenvalue weighted by Gasteiger charge is 2.20. The van der Waals surface area contributed by atoms with Crippen molar-refractivity contribution >= 4 is 17.3 Å². The fourth-order valence-electron chi connectivity index (χ4n) is 3.11. The van der Waals surface area contributed by atoms with Crippen LogP contribution in [0.1, 0.15) is 50.1 Å². The topological polar surface area (TPSA) is 45.2 Å². The van der Waals surface area contributed by atoms with E-state index in [9.17, 15) is 4.79 Å². The van der Waals surface area contributed by atoms with Crippen molar-refractivity contribution < 1.29 is 0 Å². The Hall–Kier alpha value is -2.39. The molecule has 0 fully saturated rings. The molecule has 0 unspecified atom stereocenters. The summed E-state index contributed by atoms with van der Waals surface area (Å²) in [4.78, 5) is 20.5. The number of aromatic nitrogens is 1. The fourth-order valence-corrected chi connectivity index (χ4v) is 3.55. The predicted molar refractivity (Wildman–Crippen MR) is 117 cm³/mol. The lowest BCUT2D eigenvalue weighted by molar-refractivity contribution is 0.590. The van der Waals surface area contributed by atoms with Crippen LogP contribution in [0.15, 0.2) is 52.9 Å². The second-order valence-corrected chi connectivity index (χ2v) is 8.29. The summed E-state index contributed by atoms with van der Waals surface area (Å²) in [6.07, 6.45) is 1.58. The van der Waals surface area contributed by atoms with Crippen LogP contribution in [0, 0.1) is 13.8 Å². The van der Waals surface area contributed by atoms with Crippen molar-refractivity contribution in [2.24, 2.45) is 4.99 Å². The van der Waals surface area contributed by atoms with Gasteiger partial charge in [0.05, 0.1) is 11.3 Å². The van der Waals surface area contributed by atoms with E-state index in [-0.39, 0.29) is 10.8 Å². The minimum absolute atomic E-state index is 0.0502. The van der Waals surface area contributed by atoms with Gasteiger partial charge in [-0.2, -0.15) is 0 Å². The zero-order chi connectivity index (χ0) is 20.5. The second-order valence-electron chi connectivity index (χ2n) is 7.88. The van der Waals surface area contributed by atoms with Gasteiger partial charge < -0.3 is 4.98 Å². The van der Waals surface area contributed by atoms with E-state index in [1.54, 1.807) is 19.1 Å². The van der Waals surface area contributed by atoms with Crippen LogP contribution in [0.3, 0.4) is 0 Å². The molecule has 1 aromatic carbocycles. The Labute approximate surface area is 166 Å². The monoisotopic (exact) mass is 382 g/mol. The third-order valence-corrected chi connectivity index (χ3v) is 4.70. The fraction of sp³-hybridized carbons (Fsp3) is 0.304. The number of pyridine rings is 1. The summed E-state index contributed by atoms with van der Waals surface area (Å²) >= 11 is 6.54. The number of allylic oxidation sites excluding steroid dienone is 2. The summed E-state index contributed by atoms with van der Waals surface area (Å²) in [7, 11) is 0. The first-order chi connectivity index (χ1) is 12.5. The van der Waals surface area contributed by atoms with Gasteiger partial charge in [-0.3, -0.25) is 9.79 Å². The predicted octanol–water partition coefficient (Wildman–Crippen LogP) is 6.12. The lowest BCUT2D eigenvalue weighted by Gasteiger charge is -2.22. The van der Waals surface area contributed by atoms with E-state index in [0.717, 1.165) is 28.1 Å². The molecule has 4 heteroatoms. The first-order valence-corrected chi connectivity index (χ1v) is 9.25. The first kappa shape index (κ1) is 20.9. The Bertz CT molecular complexity index is 1000. The van der Waals surface area contributed by atoms with E-state index in [1.165, 1.54) is 0 Å². The summed E-state index contributed by atoms with van der Waals surface area (Å²) in [5.41, 5.74) is 6.01. The van der Waals surface area contributed by atoms with Crippen molar-refractivity contribution in [2.45, 2.75) is 47.0 Å². The lowest BCUT2D eigenvalue weighted by atomic mass is 9.85. The molecule has 1 heterocycles. The minimum Gasteiger partial charge on any atom is -0.358 e. The molecular weight excluding hydrogens is 356 g/mol. The Balaban J connectivity index is 2.67. The van der Waals surface area contributed by atoms with E-state index in [2.05, 4.69) is 50.0 Å². The molecule has 2 aromatic rings. The summed E-state index contributed by atoms with van der Waals surface area (Å²) in [5, 5.41) is 0.696. The van der Waals surface area contributed by atoms with Crippen LogP contribution >= 0.6 is 11.6 Å². The molecule has 1 N–H and O–H groups in total. The average Bonchev–Trinajstić information content (AvgIpc) is 2.53. The van der Waals surface area contributed by atoms with Gasteiger partial charge >= 0.3 is 0 Å². The number of H-pyrrole nitrogens is 1. The van der Waals surface area contributed by atoms with Gasteiger partial charge in [0.2, 0.25) is 0 Å².